The maximum absolute atomic E-state index is 11.1. The average molecular weight is 284 g/mol. The molecule has 0 spiro atoms. The number of non-ortho nitro benzene ring substituents is 1. The Hall–Kier alpha value is -2.19. The molecule has 0 aliphatic rings. The van der Waals surface area contributed by atoms with Crippen LogP contribution in [-0.2, 0) is 9.47 Å². The minimum absolute atomic E-state index is 0.143. The Morgan fingerprint density at radius 1 is 1.40 bits per heavy atom. The third kappa shape index (κ3) is 4.82. The Morgan fingerprint density at radius 2 is 2.15 bits per heavy atom. The number of ether oxygens (including phenoxy) is 2. The molecule has 0 fully saturated rings. The monoisotopic (exact) mass is 284 g/mol. The number of nitrogens with zero attached hydrogens (tertiary/aromatic N) is 1. The van der Waals surface area contributed by atoms with Crippen molar-refractivity contribution in [2.45, 2.75) is 0 Å². The first-order valence-electron chi connectivity index (χ1n) is 5.88. The molecule has 0 atom stereocenters. The number of benzene rings is 1. The van der Waals surface area contributed by atoms with Gasteiger partial charge in [-0.3, -0.25) is 10.1 Å². The second kappa shape index (κ2) is 8.08. The van der Waals surface area contributed by atoms with Crippen molar-refractivity contribution in [2.75, 3.05) is 38.8 Å². The lowest BCUT2D eigenvalue weighted by Gasteiger charge is -2.09. The summed E-state index contributed by atoms with van der Waals surface area (Å²) in [6, 6.07) is 3.65. The van der Waals surface area contributed by atoms with Crippen molar-refractivity contribution in [1.82, 2.24) is 0 Å². The minimum atomic E-state index is -1.23. The molecule has 0 saturated carbocycles. The number of hydrogen-bond acceptors (Lipinski definition) is 6. The zero-order chi connectivity index (χ0) is 15.0. The van der Waals surface area contributed by atoms with Crippen LogP contribution in [-0.4, -0.2) is 49.5 Å². The van der Waals surface area contributed by atoms with E-state index < -0.39 is 10.9 Å². The second-order valence-electron chi connectivity index (χ2n) is 3.82. The number of rotatable bonds is 9. The van der Waals surface area contributed by atoms with Crippen LogP contribution in [0.3, 0.4) is 0 Å². The minimum Gasteiger partial charge on any atom is -0.478 e. The van der Waals surface area contributed by atoms with Crippen LogP contribution in [0.25, 0.3) is 0 Å². The molecule has 1 aromatic carbocycles. The van der Waals surface area contributed by atoms with Crippen LogP contribution >= 0.6 is 0 Å². The molecule has 8 nitrogen and oxygen atoms in total. The molecule has 0 radical (unpaired) electrons. The molecule has 0 aliphatic heterocycles. The number of nitro groups is 1. The number of hydrogen-bond donors (Lipinski definition) is 2. The molecular weight excluding hydrogens is 268 g/mol. The first kappa shape index (κ1) is 15.9. The zero-order valence-electron chi connectivity index (χ0n) is 11.0. The van der Waals surface area contributed by atoms with Gasteiger partial charge in [0.15, 0.2) is 0 Å². The van der Waals surface area contributed by atoms with Crippen molar-refractivity contribution in [3.05, 3.63) is 33.9 Å². The molecule has 0 aliphatic carbocycles. The molecular formula is C12H16N2O6. The van der Waals surface area contributed by atoms with E-state index in [1.807, 2.05) is 0 Å². The van der Waals surface area contributed by atoms with Crippen LogP contribution in [0.5, 0.6) is 0 Å². The fraction of sp³-hybridized carbons (Fsp3) is 0.417. The molecule has 110 valence electrons. The highest BCUT2D eigenvalue weighted by Gasteiger charge is 2.15. The van der Waals surface area contributed by atoms with Gasteiger partial charge in [-0.1, -0.05) is 0 Å². The van der Waals surface area contributed by atoms with Crippen molar-refractivity contribution in [3.63, 3.8) is 0 Å². The average Bonchev–Trinajstić information content (AvgIpc) is 2.42. The lowest BCUT2D eigenvalue weighted by atomic mass is 10.1. The summed E-state index contributed by atoms with van der Waals surface area (Å²) in [6.07, 6.45) is 0. The van der Waals surface area contributed by atoms with Gasteiger partial charge in [0.25, 0.3) is 5.69 Å². The van der Waals surface area contributed by atoms with E-state index in [1.165, 1.54) is 12.1 Å². The van der Waals surface area contributed by atoms with Crippen molar-refractivity contribution in [3.8, 4) is 0 Å². The van der Waals surface area contributed by atoms with Gasteiger partial charge in [-0.25, -0.2) is 4.79 Å². The van der Waals surface area contributed by atoms with E-state index in [-0.39, 0.29) is 11.3 Å². The smallest absolute Gasteiger partial charge is 0.338 e. The predicted molar refractivity (Wildman–Crippen MR) is 71.2 cm³/mol. The van der Waals surface area contributed by atoms with Gasteiger partial charge in [-0.2, -0.15) is 0 Å². The topological polar surface area (TPSA) is 111 Å². The maximum atomic E-state index is 11.1. The van der Waals surface area contributed by atoms with E-state index in [1.54, 1.807) is 7.11 Å². The molecule has 0 heterocycles. The van der Waals surface area contributed by atoms with Gasteiger partial charge in [0, 0.05) is 31.5 Å². The number of methoxy groups -OCH3 is 1. The summed E-state index contributed by atoms with van der Waals surface area (Å²) in [5, 5.41) is 22.5. The number of anilines is 1. The number of carboxylic acids is 1. The van der Waals surface area contributed by atoms with E-state index >= 15 is 0 Å². The zero-order valence-corrected chi connectivity index (χ0v) is 11.0. The maximum Gasteiger partial charge on any atom is 0.338 e. The van der Waals surface area contributed by atoms with E-state index in [0.717, 1.165) is 6.07 Å². The first-order valence-corrected chi connectivity index (χ1v) is 5.88. The fourth-order valence-corrected chi connectivity index (χ4v) is 1.48. The second-order valence-corrected chi connectivity index (χ2v) is 3.82. The molecule has 1 aromatic rings. The highest BCUT2D eigenvalue weighted by Crippen LogP contribution is 2.21. The molecule has 0 amide bonds. The van der Waals surface area contributed by atoms with Gasteiger partial charge in [0.1, 0.15) is 0 Å². The summed E-state index contributed by atoms with van der Waals surface area (Å²) in [6.45, 7) is 1.70. The van der Waals surface area contributed by atoms with E-state index in [9.17, 15) is 14.9 Å². The number of carboxylic acid groups (broad SMARTS) is 1. The highest BCUT2D eigenvalue weighted by atomic mass is 16.6. The van der Waals surface area contributed by atoms with Crippen LogP contribution in [0.4, 0.5) is 11.4 Å². The lowest BCUT2D eigenvalue weighted by molar-refractivity contribution is -0.384. The van der Waals surface area contributed by atoms with Gasteiger partial charge >= 0.3 is 5.97 Å². The Balaban J connectivity index is 2.60. The molecule has 20 heavy (non-hydrogen) atoms. The third-order valence-electron chi connectivity index (χ3n) is 2.44. The highest BCUT2D eigenvalue weighted by molar-refractivity contribution is 5.95. The van der Waals surface area contributed by atoms with Crippen LogP contribution in [0.1, 0.15) is 10.4 Å². The largest absolute Gasteiger partial charge is 0.478 e. The van der Waals surface area contributed by atoms with Crippen LogP contribution in [0.15, 0.2) is 18.2 Å². The molecule has 0 saturated heterocycles. The van der Waals surface area contributed by atoms with Gasteiger partial charge < -0.3 is 19.9 Å². The lowest BCUT2D eigenvalue weighted by Crippen LogP contribution is -2.14. The molecule has 8 heteroatoms. The number of carbonyl (C=O) groups is 1. The van der Waals surface area contributed by atoms with Crippen molar-refractivity contribution < 1.29 is 24.3 Å². The first-order chi connectivity index (χ1) is 9.56. The van der Waals surface area contributed by atoms with Crippen LogP contribution < -0.4 is 5.32 Å². The predicted octanol–water partition coefficient (Wildman–Crippen LogP) is 1.37. The van der Waals surface area contributed by atoms with Crippen molar-refractivity contribution in [1.29, 1.82) is 0 Å². The molecule has 1 rings (SSSR count). The number of nitro benzene ring substituents is 1. The van der Waals surface area contributed by atoms with Crippen LogP contribution in [0, 0.1) is 10.1 Å². The van der Waals surface area contributed by atoms with Crippen LogP contribution in [0.2, 0.25) is 0 Å². The Morgan fingerprint density at radius 3 is 2.75 bits per heavy atom. The normalized spacial score (nSPS) is 10.2. The van der Waals surface area contributed by atoms with Gasteiger partial charge in [-0.05, 0) is 6.07 Å². The van der Waals surface area contributed by atoms with E-state index in [0.29, 0.717) is 32.1 Å². The van der Waals surface area contributed by atoms with Gasteiger partial charge in [0.05, 0.1) is 30.3 Å². The van der Waals surface area contributed by atoms with Gasteiger partial charge in [0.2, 0.25) is 0 Å². The molecule has 2 N–H and O–H groups in total. The summed E-state index contributed by atoms with van der Waals surface area (Å²) in [7, 11) is 1.57. The summed E-state index contributed by atoms with van der Waals surface area (Å²) in [5.74, 6) is -1.23. The third-order valence-corrected chi connectivity index (χ3v) is 2.44. The quantitative estimate of drug-likeness (QED) is 0.400. The number of aromatic carboxylic acids is 1. The van der Waals surface area contributed by atoms with Crippen molar-refractivity contribution in [2.24, 2.45) is 0 Å². The summed E-state index contributed by atoms with van der Waals surface area (Å²) < 4.78 is 10.0. The fourth-order valence-electron chi connectivity index (χ4n) is 1.48. The summed E-state index contributed by atoms with van der Waals surface area (Å²) in [4.78, 5) is 21.0. The Kier molecular flexibility index (Phi) is 6.41. The van der Waals surface area contributed by atoms with Gasteiger partial charge in [-0.15, -0.1) is 0 Å². The van der Waals surface area contributed by atoms with E-state index in [4.69, 9.17) is 14.6 Å². The molecule has 0 aromatic heterocycles. The summed E-state index contributed by atoms with van der Waals surface area (Å²) in [5.41, 5.74) is -0.0844. The number of nitrogens with one attached hydrogen (secondary N) is 1. The Bertz CT molecular complexity index is 477. The molecule has 0 unspecified atom stereocenters. The van der Waals surface area contributed by atoms with E-state index in [2.05, 4.69) is 5.32 Å². The molecule has 0 bridgehead atoms. The SMILES string of the molecule is COCCOCCNc1ccc([N+](=O)[O-])cc1C(=O)O. The van der Waals surface area contributed by atoms with Crippen molar-refractivity contribution >= 4 is 17.3 Å². The standard InChI is InChI=1S/C12H16N2O6/c1-19-6-7-20-5-4-13-11-3-2-9(14(17)18)8-10(11)12(15)16/h2-3,8,13H,4-7H2,1H3,(H,15,16). The summed E-state index contributed by atoms with van der Waals surface area (Å²) >= 11 is 0. The Labute approximate surface area is 115 Å².